The first-order chi connectivity index (χ1) is 7.16. The zero-order valence-corrected chi connectivity index (χ0v) is 10.6. The number of rotatable bonds is 2. The molecule has 84 valence electrons. The molecule has 0 saturated heterocycles. The van der Waals surface area contributed by atoms with E-state index in [1.54, 1.807) is 0 Å². The SMILES string of the molecule is CC.CC/C(C)=C(/C)c1ccccc1N. The van der Waals surface area contributed by atoms with Crippen molar-refractivity contribution in [1.29, 1.82) is 0 Å². The fourth-order valence-electron chi connectivity index (χ4n) is 1.33. The van der Waals surface area contributed by atoms with E-state index in [1.807, 2.05) is 32.0 Å². The predicted octanol–water partition coefficient (Wildman–Crippen LogP) is 4.50. The quantitative estimate of drug-likeness (QED) is 0.707. The highest BCUT2D eigenvalue weighted by molar-refractivity contribution is 5.75. The van der Waals surface area contributed by atoms with Crippen LogP contribution in [0.25, 0.3) is 5.57 Å². The molecule has 1 rings (SSSR count). The molecule has 0 aromatic heterocycles. The Morgan fingerprint density at radius 3 is 2.13 bits per heavy atom. The molecule has 0 aliphatic heterocycles. The van der Waals surface area contributed by atoms with Gasteiger partial charge in [-0.15, -0.1) is 0 Å². The summed E-state index contributed by atoms with van der Waals surface area (Å²) in [5, 5.41) is 0. The van der Waals surface area contributed by atoms with Crippen LogP contribution in [-0.2, 0) is 0 Å². The standard InChI is InChI=1S/C12H17N.C2H6/c1-4-9(2)10(3)11-7-5-6-8-12(11)13;1-2/h5-8H,4,13H2,1-3H3;1-2H3/b10-9-;. The van der Waals surface area contributed by atoms with E-state index in [9.17, 15) is 0 Å². The first kappa shape index (κ1) is 13.8. The Hall–Kier alpha value is -1.24. The highest BCUT2D eigenvalue weighted by atomic mass is 14.6. The second-order valence-electron chi connectivity index (χ2n) is 3.35. The molecule has 15 heavy (non-hydrogen) atoms. The van der Waals surface area contributed by atoms with Crippen LogP contribution in [-0.4, -0.2) is 0 Å². The molecule has 0 aliphatic rings. The third-order valence-electron chi connectivity index (χ3n) is 2.54. The second-order valence-corrected chi connectivity index (χ2v) is 3.35. The lowest BCUT2D eigenvalue weighted by Crippen LogP contribution is -1.92. The van der Waals surface area contributed by atoms with Crippen molar-refractivity contribution in [3.05, 3.63) is 35.4 Å². The van der Waals surface area contributed by atoms with Gasteiger partial charge in [-0.25, -0.2) is 0 Å². The number of nitrogen functional groups attached to an aromatic ring is 1. The summed E-state index contributed by atoms with van der Waals surface area (Å²) in [6.45, 7) is 10.4. The number of nitrogens with two attached hydrogens (primary N) is 1. The zero-order valence-electron chi connectivity index (χ0n) is 10.6. The van der Waals surface area contributed by atoms with Gasteiger partial charge < -0.3 is 5.73 Å². The summed E-state index contributed by atoms with van der Waals surface area (Å²) in [6.07, 6.45) is 1.08. The number of benzene rings is 1. The number of hydrogen-bond donors (Lipinski definition) is 1. The van der Waals surface area contributed by atoms with Gasteiger partial charge in [-0.05, 0) is 31.9 Å². The van der Waals surface area contributed by atoms with Crippen molar-refractivity contribution in [3.8, 4) is 0 Å². The normalized spacial score (nSPS) is 11.3. The molecular formula is C14H23N. The van der Waals surface area contributed by atoms with Gasteiger partial charge in [0.2, 0.25) is 0 Å². The van der Waals surface area contributed by atoms with Crippen molar-refractivity contribution in [2.75, 3.05) is 5.73 Å². The van der Waals surface area contributed by atoms with E-state index in [0.29, 0.717) is 0 Å². The molecule has 1 nitrogen and oxygen atoms in total. The Morgan fingerprint density at radius 1 is 1.13 bits per heavy atom. The predicted molar refractivity (Wildman–Crippen MR) is 70.8 cm³/mol. The number of hydrogen-bond acceptors (Lipinski definition) is 1. The molecule has 0 radical (unpaired) electrons. The Kier molecular flexibility index (Phi) is 6.52. The van der Waals surface area contributed by atoms with Crippen molar-refractivity contribution in [3.63, 3.8) is 0 Å². The minimum absolute atomic E-state index is 0.868. The molecule has 1 aromatic rings. The van der Waals surface area contributed by atoms with Crippen molar-refractivity contribution in [2.45, 2.75) is 41.0 Å². The molecule has 0 bridgehead atoms. The summed E-state index contributed by atoms with van der Waals surface area (Å²) in [4.78, 5) is 0. The van der Waals surface area contributed by atoms with Crippen LogP contribution < -0.4 is 5.73 Å². The molecule has 1 aromatic carbocycles. The van der Waals surface area contributed by atoms with Crippen LogP contribution in [0.3, 0.4) is 0 Å². The van der Waals surface area contributed by atoms with Crippen LogP contribution in [0, 0.1) is 0 Å². The summed E-state index contributed by atoms with van der Waals surface area (Å²) < 4.78 is 0. The Bertz CT molecular complexity index is 324. The molecule has 0 fully saturated rings. The van der Waals surface area contributed by atoms with Crippen molar-refractivity contribution < 1.29 is 0 Å². The average molecular weight is 205 g/mol. The second kappa shape index (κ2) is 7.10. The number of para-hydroxylation sites is 1. The van der Waals surface area contributed by atoms with Gasteiger partial charge in [0.1, 0.15) is 0 Å². The van der Waals surface area contributed by atoms with E-state index >= 15 is 0 Å². The highest BCUT2D eigenvalue weighted by Crippen LogP contribution is 2.24. The van der Waals surface area contributed by atoms with E-state index in [4.69, 9.17) is 5.73 Å². The maximum absolute atomic E-state index is 5.88. The van der Waals surface area contributed by atoms with E-state index in [1.165, 1.54) is 16.7 Å². The van der Waals surface area contributed by atoms with Gasteiger partial charge in [0.25, 0.3) is 0 Å². The van der Waals surface area contributed by atoms with Gasteiger partial charge in [0.15, 0.2) is 0 Å². The van der Waals surface area contributed by atoms with Crippen LogP contribution in [0.15, 0.2) is 29.8 Å². The summed E-state index contributed by atoms with van der Waals surface area (Å²) in [7, 11) is 0. The molecule has 0 spiro atoms. The van der Waals surface area contributed by atoms with Crippen molar-refractivity contribution >= 4 is 11.3 Å². The fourth-order valence-corrected chi connectivity index (χ4v) is 1.33. The fraction of sp³-hybridized carbons (Fsp3) is 0.429. The molecular weight excluding hydrogens is 182 g/mol. The van der Waals surface area contributed by atoms with Crippen LogP contribution in [0.4, 0.5) is 5.69 Å². The van der Waals surface area contributed by atoms with Gasteiger partial charge >= 0.3 is 0 Å². The summed E-state index contributed by atoms with van der Waals surface area (Å²) >= 11 is 0. The minimum atomic E-state index is 0.868. The summed E-state index contributed by atoms with van der Waals surface area (Å²) in [5.41, 5.74) is 10.6. The maximum atomic E-state index is 5.88. The highest BCUT2D eigenvalue weighted by Gasteiger charge is 2.01. The molecule has 0 atom stereocenters. The number of anilines is 1. The zero-order chi connectivity index (χ0) is 11.8. The number of allylic oxidation sites excluding steroid dienone is 2. The summed E-state index contributed by atoms with van der Waals surface area (Å²) in [5.74, 6) is 0. The Balaban J connectivity index is 0.000000921. The molecule has 1 heteroatoms. The van der Waals surface area contributed by atoms with E-state index in [2.05, 4.69) is 26.8 Å². The average Bonchev–Trinajstić information content (AvgIpc) is 2.30. The third-order valence-corrected chi connectivity index (χ3v) is 2.54. The maximum Gasteiger partial charge on any atom is 0.0390 e. The van der Waals surface area contributed by atoms with E-state index < -0.39 is 0 Å². The molecule has 0 saturated carbocycles. The monoisotopic (exact) mass is 205 g/mol. The Morgan fingerprint density at radius 2 is 1.67 bits per heavy atom. The lowest BCUT2D eigenvalue weighted by molar-refractivity contribution is 1.10. The van der Waals surface area contributed by atoms with E-state index in [-0.39, 0.29) is 0 Å². The minimum Gasteiger partial charge on any atom is -0.398 e. The lowest BCUT2D eigenvalue weighted by Gasteiger charge is -2.08. The van der Waals surface area contributed by atoms with Crippen LogP contribution in [0.2, 0.25) is 0 Å². The Labute approximate surface area is 94.0 Å². The smallest absolute Gasteiger partial charge is 0.0390 e. The topological polar surface area (TPSA) is 26.0 Å². The molecule has 0 heterocycles. The first-order valence-corrected chi connectivity index (χ1v) is 5.68. The molecule has 2 N–H and O–H groups in total. The third kappa shape index (κ3) is 3.78. The van der Waals surface area contributed by atoms with Crippen molar-refractivity contribution in [1.82, 2.24) is 0 Å². The largest absolute Gasteiger partial charge is 0.398 e. The van der Waals surface area contributed by atoms with Gasteiger partial charge in [0, 0.05) is 11.3 Å². The van der Waals surface area contributed by atoms with Gasteiger partial charge in [-0.2, -0.15) is 0 Å². The van der Waals surface area contributed by atoms with Crippen LogP contribution in [0.5, 0.6) is 0 Å². The lowest BCUT2D eigenvalue weighted by atomic mass is 9.99. The molecule has 0 amide bonds. The molecule has 0 aliphatic carbocycles. The van der Waals surface area contributed by atoms with Crippen LogP contribution in [0.1, 0.15) is 46.6 Å². The summed E-state index contributed by atoms with van der Waals surface area (Å²) in [6, 6.07) is 8.01. The van der Waals surface area contributed by atoms with Gasteiger partial charge in [0.05, 0.1) is 0 Å². The molecule has 0 unspecified atom stereocenters. The van der Waals surface area contributed by atoms with Crippen LogP contribution >= 0.6 is 0 Å². The van der Waals surface area contributed by atoms with Crippen molar-refractivity contribution in [2.24, 2.45) is 0 Å². The van der Waals surface area contributed by atoms with Gasteiger partial charge in [-0.1, -0.05) is 44.5 Å². The van der Waals surface area contributed by atoms with E-state index in [0.717, 1.165) is 12.1 Å². The first-order valence-electron chi connectivity index (χ1n) is 5.68. The van der Waals surface area contributed by atoms with Gasteiger partial charge in [-0.3, -0.25) is 0 Å².